The average Bonchev–Trinajstić information content (AvgIpc) is 2.94. The monoisotopic (exact) mass is 304 g/mol. The van der Waals surface area contributed by atoms with E-state index < -0.39 is 0 Å². The summed E-state index contributed by atoms with van der Waals surface area (Å²) in [7, 11) is 0. The number of nitrogens with one attached hydrogen (secondary N) is 2. The maximum atomic E-state index is 11.4. The van der Waals surface area contributed by atoms with Gasteiger partial charge in [0.25, 0.3) is 0 Å². The number of hydrogen-bond acceptors (Lipinski definition) is 6. The lowest BCUT2D eigenvalue weighted by atomic mass is 10.2. The van der Waals surface area contributed by atoms with Gasteiger partial charge in [-0.2, -0.15) is 5.10 Å². The van der Waals surface area contributed by atoms with Gasteiger partial charge in [-0.3, -0.25) is 9.89 Å². The highest BCUT2D eigenvalue weighted by Gasteiger charge is 2.16. The molecule has 0 aliphatic heterocycles. The van der Waals surface area contributed by atoms with E-state index >= 15 is 0 Å². The molecule has 0 amide bonds. The summed E-state index contributed by atoms with van der Waals surface area (Å²) in [5, 5.41) is 11.4. The van der Waals surface area contributed by atoms with Gasteiger partial charge in [-0.25, -0.2) is 4.98 Å². The Hall–Kier alpha value is -2.15. The number of aromatic amines is 1. The van der Waals surface area contributed by atoms with E-state index in [-0.39, 0.29) is 12.5 Å². The Balaban J connectivity index is 1.98. The Morgan fingerprint density at radius 1 is 1.48 bits per heavy atom. The van der Waals surface area contributed by atoms with Crippen molar-refractivity contribution < 1.29 is 9.53 Å². The third-order valence-electron chi connectivity index (χ3n) is 3.19. The standard InChI is InChI=1S/C14H16N4O2S/c1-4-20-9(19)6-15-13-12-11(17-18-13)10-7(2)5-8(3)16-14(10)21-12/h5H,4,6H2,1-3H3,(H2,15,17,18). The SMILES string of the molecule is CCOC(=O)CNc1n[nH]c2c1sc1nc(C)cc(C)c12. The number of thiophene rings is 1. The Morgan fingerprint density at radius 3 is 3.05 bits per heavy atom. The summed E-state index contributed by atoms with van der Waals surface area (Å²) in [6.07, 6.45) is 0. The van der Waals surface area contributed by atoms with Gasteiger partial charge in [-0.15, -0.1) is 11.3 Å². The lowest BCUT2D eigenvalue weighted by Gasteiger charge is -2.02. The lowest BCUT2D eigenvalue weighted by molar-refractivity contribution is -0.140. The average molecular weight is 304 g/mol. The number of H-pyrrole nitrogens is 1. The second kappa shape index (κ2) is 5.33. The molecule has 3 aromatic rings. The van der Waals surface area contributed by atoms with Crippen molar-refractivity contribution in [1.82, 2.24) is 15.2 Å². The third kappa shape index (κ3) is 2.44. The van der Waals surface area contributed by atoms with Crippen LogP contribution in [-0.4, -0.2) is 34.3 Å². The van der Waals surface area contributed by atoms with E-state index in [1.54, 1.807) is 18.3 Å². The highest BCUT2D eigenvalue weighted by atomic mass is 32.1. The third-order valence-corrected chi connectivity index (χ3v) is 4.28. The molecule has 7 heteroatoms. The molecule has 0 saturated heterocycles. The Kier molecular flexibility index (Phi) is 3.50. The molecule has 0 unspecified atom stereocenters. The van der Waals surface area contributed by atoms with Crippen molar-refractivity contribution in [2.45, 2.75) is 20.8 Å². The predicted molar refractivity (Wildman–Crippen MR) is 83.9 cm³/mol. The molecule has 3 aromatic heterocycles. The molecule has 6 nitrogen and oxygen atoms in total. The molecule has 0 aromatic carbocycles. The van der Waals surface area contributed by atoms with Crippen LogP contribution in [0, 0.1) is 13.8 Å². The number of aryl methyl sites for hydroxylation is 2. The van der Waals surface area contributed by atoms with Crippen molar-refractivity contribution in [3.05, 3.63) is 17.3 Å². The fraction of sp³-hybridized carbons (Fsp3) is 0.357. The first-order valence-electron chi connectivity index (χ1n) is 6.74. The molecule has 0 saturated carbocycles. The van der Waals surface area contributed by atoms with Crippen molar-refractivity contribution in [3.63, 3.8) is 0 Å². The van der Waals surface area contributed by atoms with Gasteiger partial charge in [0.2, 0.25) is 0 Å². The first kappa shape index (κ1) is 13.8. The van der Waals surface area contributed by atoms with E-state index in [2.05, 4.69) is 33.5 Å². The van der Waals surface area contributed by atoms with E-state index in [4.69, 9.17) is 4.74 Å². The fourth-order valence-electron chi connectivity index (χ4n) is 2.37. The molecule has 0 atom stereocenters. The number of carbonyl (C=O) groups excluding carboxylic acids is 1. The number of rotatable bonds is 4. The molecule has 0 radical (unpaired) electrons. The van der Waals surface area contributed by atoms with E-state index in [1.165, 1.54) is 5.56 Å². The zero-order valence-corrected chi connectivity index (χ0v) is 12.9. The maximum Gasteiger partial charge on any atom is 0.325 e. The van der Waals surface area contributed by atoms with Crippen LogP contribution >= 0.6 is 11.3 Å². The molecule has 21 heavy (non-hydrogen) atoms. The summed E-state index contributed by atoms with van der Waals surface area (Å²) in [4.78, 5) is 17.0. The van der Waals surface area contributed by atoms with Crippen LogP contribution in [0.15, 0.2) is 6.07 Å². The van der Waals surface area contributed by atoms with Crippen LogP contribution in [0.5, 0.6) is 0 Å². The van der Waals surface area contributed by atoms with Gasteiger partial charge >= 0.3 is 5.97 Å². The molecule has 110 valence electrons. The minimum Gasteiger partial charge on any atom is -0.465 e. The van der Waals surface area contributed by atoms with E-state index in [9.17, 15) is 4.79 Å². The van der Waals surface area contributed by atoms with Crippen LogP contribution in [0.4, 0.5) is 5.82 Å². The predicted octanol–water partition coefficient (Wildman–Crippen LogP) is 2.76. The highest BCUT2D eigenvalue weighted by Crippen LogP contribution is 2.37. The minimum absolute atomic E-state index is 0.105. The Morgan fingerprint density at radius 2 is 2.29 bits per heavy atom. The zero-order valence-electron chi connectivity index (χ0n) is 12.1. The lowest BCUT2D eigenvalue weighted by Crippen LogP contribution is -2.16. The van der Waals surface area contributed by atoms with Crippen LogP contribution in [0.3, 0.4) is 0 Å². The zero-order chi connectivity index (χ0) is 15.0. The fourth-order valence-corrected chi connectivity index (χ4v) is 3.58. The first-order valence-corrected chi connectivity index (χ1v) is 7.56. The van der Waals surface area contributed by atoms with Gasteiger partial charge in [0.15, 0.2) is 5.82 Å². The summed E-state index contributed by atoms with van der Waals surface area (Å²) in [5.74, 6) is 0.373. The molecule has 3 heterocycles. The van der Waals surface area contributed by atoms with Crippen molar-refractivity contribution in [3.8, 4) is 0 Å². The van der Waals surface area contributed by atoms with Crippen molar-refractivity contribution >= 4 is 43.6 Å². The minimum atomic E-state index is -0.292. The van der Waals surface area contributed by atoms with E-state index in [0.717, 1.165) is 26.1 Å². The molecular weight excluding hydrogens is 288 g/mol. The maximum absolute atomic E-state index is 11.4. The largest absolute Gasteiger partial charge is 0.465 e. The summed E-state index contributed by atoms with van der Waals surface area (Å²) in [6, 6.07) is 2.06. The van der Waals surface area contributed by atoms with Gasteiger partial charge in [0.1, 0.15) is 11.4 Å². The number of fused-ring (bicyclic) bond motifs is 3. The quantitative estimate of drug-likeness (QED) is 0.724. The number of hydrogen-bond donors (Lipinski definition) is 2. The van der Waals surface area contributed by atoms with E-state index in [0.29, 0.717) is 12.4 Å². The smallest absolute Gasteiger partial charge is 0.325 e. The number of nitrogens with zero attached hydrogens (tertiary/aromatic N) is 2. The number of aromatic nitrogens is 3. The number of anilines is 1. The molecule has 0 aliphatic carbocycles. The molecule has 2 N–H and O–H groups in total. The summed E-state index contributed by atoms with van der Waals surface area (Å²) in [5.41, 5.74) is 3.13. The number of ether oxygens (including phenoxy) is 1. The van der Waals surface area contributed by atoms with Gasteiger partial charge in [-0.1, -0.05) is 0 Å². The molecule has 3 rings (SSSR count). The van der Waals surface area contributed by atoms with Crippen LogP contribution in [0.1, 0.15) is 18.2 Å². The van der Waals surface area contributed by atoms with Crippen LogP contribution in [-0.2, 0) is 9.53 Å². The normalized spacial score (nSPS) is 11.2. The first-order chi connectivity index (χ1) is 10.1. The highest BCUT2D eigenvalue weighted by molar-refractivity contribution is 7.26. The Labute approximate surface area is 125 Å². The molecule has 0 aliphatic rings. The van der Waals surface area contributed by atoms with Gasteiger partial charge in [-0.05, 0) is 32.4 Å². The van der Waals surface area contributed by atoms with Gasteiger partial charge in [0.05, 0.1) is 16.8 Å². The van der Waals surface area contributed by atoms with Crippen LogP contribution < -0.4 is 5.32 Å². The molecular formula is C14H16N4O2S. The summed E-state index contributed by atoms with van der Waals surface area (Å²) < 4.78 is 5.88. The van der Waals surface area contributed by atoms with Gasteiger partial charge in [0, 0.05) is 11.1 Å². The van der Waals surface area contributed by atoms with Crippen molar-refractivity contribution in [1.29, 1.82) is 0 Å². The summed E-state index contributed by atoms with van der Waals surface area (Å²) in [6.45, 7) is 6.32. The topological polar surface area (TPSA) is 79.9 Å². The second-order valence-electron chi connectivity index (χ2n) is 4.80. The van der Waals surface area contributed by atoms with Gasteiger partial charge < -0.3 is 10.1 Å². The molecule has 0 spiro atoms. The van der Waals surface area contributed by atoms with Crippen LogP contribution in [0.2, 0.25) is 0 Å². The Bertz CT molecular complexity index is 821. The molecule has 0 fully saturated rings. The van der Waals surface area contributed by atoms with E-state index in [1.807, 2.05) is 6.92 Å². The van der Waals surface area contributed by atoms with Crippen molar-refractivity contribution in [2.24, 2.45) is 0 Å². The van der Waals surface area contributed by atoms with Crippen LogP contribution in [0.25, 0.3) is 20.4 Å². The number of esters is 1. The summed E-state index contributed by atoms with van der Waals surface area (Å²) >= 11 is 1.57. The number of pyridine rings is 1. The second-order valence-corrected chi connectivity index (χ2v) is 5.80. The molecule has 0 bridgehead atoms. The number of carbonyl (C=O) groups is 1. The van der Waals surface area contributed by atoms with Crippen molar-refractivity contribution in [2.75, 3.05) is 18.5 Å².